The van der Waals surface area contributed by atoms with Crippen LogP contribution in [0.1, 0.15) is 6.92 Å². The van der Waals surface area contributed by atoms with Crippen molar-refractivity contribution in [1.29, 1.82) is 0 Å². The van der Waals surface area contributed by atoms with E-state index in [2.05, 4.69) is 5.32 Å². The first-order valence-corrected chi connectivity index (χ1v) is 7.44. The molecule has 0 heterocycles. The zero-order valence-electron chi connectivity index (χ0n) is 10.9. The molecule has 0 saturated carbocycles. The summed E-state index contributed by atoms with van der Waals surface area (Å²) in [4.78, 5) is 11.8. The predicted molar refractivity (Wildman–Crippen MR) is 72.6 cm³/mol. The second-order valence-electron chi connectivity index (χ2n) is 3.98. The summed E-state index contributed by atoms with van der Waals surface area (Å²) in [5, 5.41) is 2.58. The highest BCUT2D eigenvalue weighted by Gasteiger charge is 2.14. The van der Waals surface area contributed by atoms with Crippen LogP contribution in [-0.4, -0.2) is 39.8 Å². The van der Waals surface area contributed by atoms with Gasteiger partial charge in [0.2, 0.25) is 5.91 Å². The molecule has 6 nitrogen and oxygen atoms in total. The zero-order chi connectivity index (χ0) is 14.5. The molecular formula is C12H18N2O4S. The van der Waals surface area contributed by atoms with Crippen LogP contribution >= 0.6 is 0 Å². The van der Waals surface area contributed by atoms with E-state index in [9.17, 15) is 13.2 Å². The van der Waals surface area contributed by atoms with Gasteiger partial charge in [0.1, 0.15) is 6.04 Å². The third kappa shape index (κ3) is 4.30. The predicted octanol–water partition coefficient (Wildman–Crippen LogP) is 0.392. The van der Waals surface area contributed by atoms with E-state index in [4.69, 9.17) is 10.5 Å². The number of benzene rings is 1. The number of hydrogen-bond donors (Lipinski definition) is 2. The number of nitrogens with two attached hydrogens (primary N) is 1. The molecule has 0 aliphatic carbocycles. The minimum atomic E-state index is -3.23. The molecule has 1 rings (SSSR count). The molecule has 1 aromatic rings. The summed E-state index contributed by atoms with van der Waals surface area (Å²) < 4.78 is 28.0. The Labute approximate surface area is 112 Å². The van der Waals surface area contributed by atoms with E-state index in [0.29, 0.717) is 5.69 Å². The van der Waals surface area contributed by atoms with Crippen molar-refractivity contribution in [2.75, 3.05) is 24.8 Å². The van der Waals surface area contributed by atoms with E-state index in [1.807, 2.05) is 0 Å². The number of rotatable bonds is 6. The van der Waals surface area contributed by atoms with Gasteiger partial charge in [0.25, 0.3) is 0 Å². The van der Waals surface area contributed by atoms with Crippen molar-refractivity contribution < 1.29 is 17.9 Å². The fourth-order valence-corrected chi connectivity index (χ4v) is 2.29. The number of ether oxygens (including phenoxy) is 1. The lowest BCUT2D eigenvalue weighted by Gasteiger charge is -2.11. The normalized spacial score (nSPS) is 13.0. The molecule has 106 valence electrons. The molecule has 0 aliphatic heterocycles. The first kappa shape index (κ1) is 15.6. The average molecular weight is 286 g/mol. The van der Waals surface area contributed by atoms with E-state index in [1.54, 1.807) is 6.92 Å². The Morgan fingerprint density at radius 2 is 1.95 bits per heavy atom. The lowest BCUT2D eigenvalue weighted by atomic mass is 10.2. The molecule has 0 bridgehead atoms. The number of methoxy groups -OCH3 is 1. The maximum atomic E-state index is 11.6. The Morgan fingerprint density at radius 1 is 1.37 bits per heavy atom. The number of hydrogen-bond acceptors (Lipinski definition) is 5. The summed E-state index contributed by atoms with van der Waals surface area (Å²) in [6.07, 6.45) is 0. The Balaban J connectivity index is 2.75. The van der Waals surface area contributed by atoms with E-state index in [0.717, 1.165) is 0 Å². The highest BCUT2D eigenvalue weighted by Crippen LogP contribution is 2.15. The first-order valence-electron chi connectivity index (χ1n) is 5.79. The molecule has 0 radical (unpaired) electrons. The second-order valence-corrected chi connectivity index (χ2v) is 6.26. The number of carbonyl (C=O) groups excluding carboxylic acids is 1. The fraction of sp³-hybridized carbons (Fsp3) is 0.417. The summed E-state index contributed by atoms with van der Waals surface area (Å²) in [5.41, 5.74) is 6.06. The van der Waals surface area contributed by atoms with Gasteiger partial charge in [-0.25, -0.2) is 8.42 Å². The van der Waals surface area contributed by atoms with Gasteiger partial charge in [-0.3, -0.25) is 4.79 Å². The average Bonchev–Trinajstić information content (AvgIpc) is 2.39. The number of carbonyl (C=O) groups is 1. The van der Waals surface area contributed by atoms with E-state index in [1.165, 1.54) is 31.4 Å². The molecule has 7 heteroatoms. The Kier molecular flexibility index (Phi) is 5.46. The summed E-state index contributed by atoms with van der Waals surface area (Å²) >= 11 is 0. The maximum Gasteiger partial charge on any atom is 0.243 e. The van der Waals surface area contributed by atoms with Crippen LogP contribution in [0.4, 0.5) is 5.69 Å². The number of sulfone groups is 1. The summed E-state index contributed by atoms with van der Waals surface area (Å²) in [5.74, 6) is -0.342. The SMILES string of the molecule is CCS(=O)(=O)c1ccc(NC(=O)C(N)COC)cc1. The summed E-state index contributed by atoms with van der Waals surface area (Å²) in [6.45, 7) is 1.70. The van der Waals surface area contributed by atoms with Gasteiger partial charge < -0.3 is 15.8 Å². The molecule has 0 saturated heterocycles. The van der Waals surface area contributed by atoms with Crippen molar-refractivity contribution in [2.24, 2.45) is 5.73 Å². The number of amides is 1. The highest BCUT2D eigenvalue weighted by molar-refractivity contribution is 7.91. The smallest absolute Gasteiger partial charge is 0.243 e. The van der Waals surface area contributed by atoms with Gasteiger partial charge in [0.15, 0.2) is 9.84 Å². The van der Waals surface area contributed by atoms with Gasteiger partial charge in [-0.15, -0.1) is 0 Å². The van der Waals surface area contributed by atoms with E-state index in [-0.39, 0.29) is 23.2 Å². The van der Waals surface area contributed by atoms with Crippen LogP contribution in [0.3, 0.4) is 0 Å². The molecule has 0 spiro atoms. The minimum Gasteiger partial charge on any atom is -0.383 e. The Morgan fingerprint density at radius 3 is 2.42 bits per heavy atom. The van der Waals surface area contributed by atoms with Crippen molar-refractivity contribution in [3.63, 3.8) is 0 Å². The topological polar surface area (TPSA) is 98.5 Å². The maximum absolute atomic E-state index is 11.6. The number of anilines is 1. The van der Waals surface area contributed by atoms with Crippen molar-refractivity contribution in [3.8, 4) is 0 Å². The summed E-state index contributed by atoms with van der Waals surface area (Å²) in [6, 6.07) is 5.20. The van der Waals surface area contributed by atoms with Crippen LogP contribution in [0, 0.1) is 0 Å². The van der Waals surface area contributed by atoms with Crippen molar-refractivity contribution >= 4 is 21.4 Å². The summed E-state index contributed by atoms with van der Waals surface area (Å²) in [7, 11) is -1.77. The molecular weight excluding hydrogens is 268 g/mol. The van der Waals surface area contributed by atoms with Crippen molar-refractivity contribution in [1.82, 2.24) is 0 Å². The van der Waals surface area contributed by atoms with Crippen LogP contribution in [0.25, 0.3) is 0 Å². The molecule has 1 aromatic carbocycles. The fourth-order valence-electron chi connectivity index (χ4n) is 1.40. The first-order chi connectivity index (χ1) is 8.90. The zero-order valence-corrected chi connectivity index (χ0v) is 11.7. The van der Waals surface area contributed by atoms with Gasteiger partial charge in [-0.2, -0.15) is 0 Å². The van der Waals surface area contributed by atoms with E-state index < -0.39 is 15.9 Å². The van der Waals surface area contributed by atoms with Crippen LogP contribution < -0.4 is 11.1 Å². The second kappa shape index (κ2) is 6.65. The number of nitrogens with one attached hydrogen (secondary N) is 1. The van der Waals surface area contributed by atoms with Crippen LogP contribution in [0.5, 0.6) is 0 Å². The molecule has 1 atom stereocenters. The lowest BCUT2D eigenvalue weighted by molar-refractivity contribution is -0.118. The monoisotopic (exact) mass is 286 g/mol. The standard InChI is InChI=1S/C12H18N2O4S/c1-3-19(16,17)10-6-4-9(5-7-10)14-12(15)11(13)8-18-2/h4-7,11H,3,8,13H2,1-2H3,(H,14,15). The third-order valence-electron chi connectivity index (χ3n) is 2.54. The van der Waals surface area contributed by atoms with Gasteiger partial charge in [0.05, 0.1) is 17.3 Å². The van der Waals surface area contributed by atoms with Crippen LogP contribution in [0.2, 0.25) is 0 Å². The van der Waals surface area contributed by atoms with Crippen LogP contribution in [-0.2, 0) is 19.4 Å². The molecule has 19 heavy (non-hydrogen) atoms. The molecule has 0 aliphatic rings. The van der Waals surface area contributed by atoms with Crippen LogP contribution in [0.15, 0.2) is 29.2 Å². The van der Waals surface area contributed by atoms with Crippen molar-refractivity contribution in [3.05, 3.63) is 24.3 Å². The van der Waals surface area contributed by atoms with Gasteiger partial charge in [0, 0.05) is 12.8 Å². The molecule has 1 unspecified atom stereocenters. The van der Waals surface area contributed by atoms with Gasteiger partial charge in [-0.1, -0.05) is 6.92 Å². The quantitative estimate of drug-likeness (QED) is 0.788. The molecule has 0 aromatic heterocycles. The minimum absolute atomic E-state index is 0.0391. The molecule has 3 N–H and O–H groups in total. The molecule has 1 amide bonds. The lowest BCUT2D eigenvalue weighted by Crippen LogP contribution is -2.39. The Hall–Kier alpha value is -1.44. The van der Waals surface area contributed by atoms with Crippen molar-refractivity contribution in [2.45, 2.75) is 17.9 Å². The highest BCUT2D eigenvalue weighted by atomic mass is 32.2. The third-order valence-corrected chi connectivity index (χ3v) is 4.29. The largest absolute Gasteiger partial charge is 0.383 e. The van der Waals surface area contributed by atoms with E-state index >= 15 is 0 Å². The van der Waals surface area contributed by atoms with Gasteiger partial charge >= 0.3 is 0 Å². The van der Waals surface area contributed by atoms with Gasteiger partial charge in [-0.05, 0) is 24.3 Å². The Bertz CT molecular complexity index is 525. The molecule has 0 fully saturated rings.